The van der Waals surface area contributed by atoms with E-state index in [-0.39, 0.29) is 5.70 Å². The number of rotatable bonds is 7. The smallest absolute Gasteiger partial charge is 0.310 e. The first-order valence-corrected chi connectivity index (χ1v) is 9.74. The normalized spacial score (nSPS) is 11.3. The number of amides is 2. The van der Waals surface area contributed by atoms with Crippen LogP contribution >= 0.6 is 11.3 Å². The molecule has 3 N–H and O–H groups in total. The number of aromatic hydroxyl groups is 1. The highest BCUT2D eigenvalue weighted by Crippen LogP contribution is 2.25. The fourth-order valence-corrected chi connectivity index (χ4v) is 3.12. The lowest BCUT2D eigenvalue weighted by molar-refractivity contribution is -0.385. The van der Waals surface area contributed by atoms with Crippen LogP contribution in [0.25, 0.3) is 6.08 Å². The maximum Gasteiger partial charge on any atom is 0.310 e. The van der Waals surface area contributed by atoms with Crippen LogP contribution in [-0.4, -0.2) is 28.1 Å². The molecule has 0 bridgehead atoms. The van der Waals surface area contributed by atoms with E-state index in [1.807, 2.05) is 11.4 Å². The minimum Gasteiger partial charge on any atom is -0.502 e. The molecule has 3 aromatic rings. The van der Waals surface area contributed by atoms with Gasteiger partial charge in [-0.15, -0.1) is 11.3 Å². The molecule has 9 nitrogen and oxygen atoms in total. The van der Waals surface area contributed by atoms with Crippen molar-refractivity contribution in [3.05, 3.63) is 97.9 Å². The average Bonchev–Trinajstić information content (AvgIpc) is 3.26. The van der Waals surface area contributed by atoms with Crippen LogP contribution in [0.3, 0.4) is 0 Å². The predicted octanol–water partition coefficient (Wildman–Crippen LogP) is 3.28. The van der Waals surface area contributed by atoms with Gasteiger partial charge in [0.15, 0.2) is 5.75 Å². The van der Waals surface area contributed by atoms with E-state index in [4.69, 9.17) is 0 Å². The standard InChI is InChI=1S/C21H16N4O5S/c26-19-11-14(8-9-18(19)25(29)30)13-22-24-21(28)17(12-16-7-4-10-31-16)23-20(27)15-5-2-1-3-6-15/h1-13,26H,(H,23,27)(H,24,28)/b17-12+,22-13-. The third-order valence-corrected chi connectivity index (χ3v) is 4.75. The number of hydrogen-bond acceptors (Lipinski definition) is 7. The molecule has 1 aromatic heterocycles. The monoisotopic (exact) mass is 436 g/mol. The van der Waals surface area contributed by atoms with Crippen LogP contribution in [-0.2, 0) is 4.79 Å². The van der Waals surface area contributed by atoms with Crippen LogP contribution in [0.1, 0.15) is 20.8 Å². The number of benzene rings is 2. The molecular formula is C21H16N4O5S. The lowest BCUT2D eigenvalue weighted by Gasteiger charge is -2.08. The second-order valence-corrected chi connectivity index (χ2v) is 7.08. The molecule has 0 aliphatic rings. The molecule has 0 saturated heterocycles. The number of phenols is 1. The number of carbonyl (C=O) groups excluding carboxylic acids is 2. The van der Waals surface area contributed by atoms with Crippen LogP contribution in [0.5, 0.6) is 5.75 Å². The summed E-state index contributed by atoms with van der Waals surface area (Å²) in [5.41, 5.74) is 2.56. The van der Waals surface area contributed by atoms with E-state index < -0.39 is 28.2 Å². The van der Waals surface area contributed by atoms with Crippen LogP contribution < -0.4 is 10.7 Å². The topological polar surface area (TPSA) is 134 Å². The van der Waals surface area contributed by atoms with E-state index in [0.29, 0.717) is 11.1 Å². The van der Waals surface area contributed by atoms with E-state index in [0.717, 1.165) is 17.0 Å². The lowest BCUT2D eigenvalue weighted by atomic mass is 10.2. The number of nitro groups is 1. The van der Waals surface area contributed by atoms with Gasteiger partial charge in [-0.05, 0) is 47.4 Å². The number of hydrazone groups is 1. The summed E-state index contributed by atoms with van der Waals surface area (Å²) in [6.45, 7) is 0. The van der Waals surface area contributed by atoms with E-state index in [1.165, 1.54) is 29.7 Å². The molecule has 0 aliphatic carbocycles. The van der Waals surface area contributed by atoms with Gasteiger partial charge in [-0.2, -0.15) is 5.10 Å². The third kappa shape index (κ3) is 5.84. The summed E-state index contributed by atoms with van der Waals surface area (Å²) in [4.78, 5) is 35.8. The van der Waals surface area contributed by atoms with Gasteiger partial charge in [-0.3, -0.25) is 19.7 Å². The molecule has 0 saturated carbocycles. The highest BCUT2D eigenvalue weighted by atomic mass is 32.1. The molecular weight excluding hydrogens is 420 g/mol. The van der Waals surface area contributed by atoms with Crippen molar-refractivity contribution in [1.29, 1.82) is 0 Å². The minimum absolute atomic E-state index is 0.0139. The summed E-state index contributed by atoms with van der Waals surface area (Å²) in [5, 5.41) is 28.6. The van der Waals surface area contributed by atoms with Crippen molar-refractivity contribution < 1.29 is 19.6 Å². The van der Waals surface area contributed by atoms with Gasteiger partial charge in [0.25, 0.3) is 11.8 Å². The number of phenolic OH excluding ortho intramolecular Hbond substituents is 1. The zero-order chi connectivity index (χ0) is 22.2. The summed E-state index contributed by atoms with van der Waals surface area (Å²) >= 11 is 1.39. The van der Waals surface area contributed by atoms with Gasteiger partial charge < -0.3 is 10.4 Å². The molecule has 0 aliphatic heterocycles. The maximum atomic E-state index is 12.6. The lowest BCUT2D eigenvalue weighted by Crippen LogP contribution is -2.32. The number of nitrogens with one attached hydrogen (secondary N) is 2. The Hall–Kier alpha value is -4.31. The maximum absolute atomic E-state index is 12.6. The Balaban J connectivity index is 1.74. The van der Waals surface area contributed by atoms with E-state index in [1.54, 1.807) is 36.4 Å². The molecule has 0 fully saturated rings. The average molecular weight is 436 g/mol. The first kappa shape index (κ1) is 21.4. The third-order valence-electron chi connectivity index (χ3n) is 3.93. The van der Waals surface area contributed by atoms with Crippen LogP contribution in [0.2, 0.25) is 0 Å². The van der Waals surface area contributed by atoms with Crippen LogP contribution in [0.4, 0.5) is 5.69 Å². The Labute approximate surface area is 180 Å². The second kappa shape index (κ2) is 9.94. The molecule has 10 heteroatoms. The number of carbonyl (C=O) groups is 2. The summed E-state index contributed by atoms with van der Waals surface area (Å²) in [6, 6.07) is 15.7. The highest BCUT2D eigenvalue weighted by molar-refractivity contribution is 7.10. The molecule has 3 rings (SSSR count). The van der Waals surface area contributed by atoms with Gasteiger partial charge in [0.2, 0.25) is 0 Å². The van der Waals surface area contributed by atoms with Gasteiger partial charge in [0.05, 0.1) is 11.1 Å². The number of nitro benzene ring substituents is 1. The molecule has 2 amide bonds. The molecule has 31 heavy (non-hydrogen) atoms. The summed E-state index contributed by atoms with van der Waals surface area (Å²) in [5.74, 6) is -1.64. The molecule has 0 atom stereocenters. The summed E-state index contributed by atoms with van der Waals surface area (Å²) in [7, 11) is 0. The summed E-state index contributed by atoms with van der Waals surface area (Å²) < 4.78 is 0. The highest BCUT2D eigenvalue weighted by Gasteiger charge is 2.15. The quantitative estimate of drug-likeness (QED) is 0.226. The Bertz CT molecular complexity index is 1160. The summed E-state index contributed by atoms with van der Waals surface area (Å²) in [6.07, 6.45) is 2.73. The molecule has 0 radical (unpaired) electrons. The SMILES string of the molecule is O=C(N/N=C\c1ccc([N+](=O)[O-])c(O)c1)/C(=C\c1cccs1)NC(=O)c1ccccc1. The van der Waals surface area contributed by atoms with Crippen molar-refractivity contribution in [2.24, 2.45) is 5.10 Å². The molecule has 1 heterocycles. The number of thiophene rings is 1. The molecule has 2 aromatic carbocycles. The van der Waals surface area contributed by atoms with Gasteiger partial charge in [-0.25, -0.2) is 5.43 Å². The fourth-order valence-electron chi connectivity index (χ4n) is 2.46. The van der Waals surface area contributed by atoms with Crippen LogP contribution in [0, 0.1) is 10.1 Å². The Morgan fingerprint density at radius 1 is 1.10 bits per heavy atom. The fraction of sp³-hybridized carbons (Fsp3) is 0. The van der Waals surface area contributed by atoms with Crippen molar-refractivity contribution >= 4 is 41.1 Å². The van der Waals surface area contributed by atoms with Gasteiger partial charge >= 0.3 is 5.69 Å². The van der Waals surface area contributed by atoms with Crippen molar-refractivity contribution in [3.63, 3.8) is 0 Å². The minimum atomic E-state index is -0.713. The molecule has 0 unspecified atom stereocenters. The Morgan fingerprint density at radius 2 is 1.87 bits per heavy atom. The predicted molar refractivity (Wildman–Crippen MR) is 117 cm³/mol. The Morgan fingerprint density at radius 3 is 2.52 bits per heavy atom. The van der Waals surface area contributed by atoms with Crippen molar-refractivity contribution in [2.45, 2.75) is 0 Å². The van der Waals surface area contributed by atoms with Gasteiger partial charge in [-0.1, -0.05) is 24.3 Å². The second-order valence-electron chi connectivity index (χ2n) is 6.10. The molecule has 0 spiro atoms. The van der Waals surface area contributed by atoms with Gasteiger partial charge in [0.1, 0.15) is 5.70 Å². The number of hydrogen-bond donors (Lipinski definition) is 3. The number of nitrogens with zero attached hydrogens (tertiary/aromatic N) is 2. The van der Waals surface area contributed by atoms with E-state index in [9.17, 15) is 24.8 Å². The van der Waals surface area contributed by atoms with Gasteiger partial charge in [0, 0.05) is 16.5 Å². The Kier molecular flexibility index (Phi) is 6.86. The van der Waals surface area contributed by atoms with E-state index in [2.05, 4.69) is 15.8 Å². The van der Waals surface area contributed by atoms with E-state index >= 15 is 0 Å². The van der Waals surface area contributed by atoms with Crippen LogP contribution in [0.15, 0.2) is 76.8 Å². The first-order valence-electron chi connectivity index (χ1n) is 8.86. The molecule has 156 valence electrons. The zero-order valence-corrected chi connectivity index (χ0v) is 16.7. The first-order chi connectivity index (χ1) is 14.9. The van der Waals surface area contributed by atoms with Crippen molar-refractivity contribution in [1.82, 2.24) is 10.7 Å². The van der Waals surface area contributed by atoms with Crippen molar-refractivity contribution in [2.75, 3.05) is 0 Å². The largest absolute Gasteiger partial charge is 0.502 e. The van der Waals surface area contributed by atoms with Crippen molar-refractivity contribution in [3.8, 4) is 5.75 Å². The zero-order valence-electron chi connectivity index (χ0n) is 15.9.